The van der Waals surface area contributed by atoms with E-state index in [0.29, 0.717) is 0 Å². The molecule has 0 bridgehead atoms. The van der Waals surface area contributed by atoms with Gasteiger partial charge in [0.25, 0.3) is 0 Å². The first-order valence-corrected chi connectivity index (χ1v) is 28.3. The van der Waals surface area contributed by atoms with Gasteiger partial charge >= 0.3 is 322 Å². The van der Waals surface area contributed by atoms with E-state index in [-0.39, 0.29) is 33.4 Å². The summed E-state index contributed by atoms with van der Waals surface area (Å²) in [5, 5.41) is 0. The Morgan fingerprint density at radius 3 is 0.500 bits per heavy atom. The van der Waals surface area contributed by atoms with Gasteiger partial charge in [-0.3, -0.25) is 0 Å². The Balaban J connectivity index is 1.63. The molecule has 0 unspecified atom stereocenters. The predicted octanol–water partition coefficient (Wildman–Crippen LogP) is 6.91. The second-order valence-electron chi connectivity index (χ2n) is 12.3. The summed E-state index contributed by atoms with van der Waals surface area (Å²) in [4.78, 5) is 91.9. The molecule has 1 fully saturated rings. The van der Waals surface area contributed by atoms with Gasteiger partial charge in [-0.15, -0.1) is 0 Å². The Kier molecular flexibility index (Phi) is 10.8. The standard InChI is InChI=1S/C42H30Ge3O9/c46-37(31-19-7-1-8-20-31)43(38(47)32-21-9-2-10-22-32)52-44(39(48)33-23-11-3-12-24-33,40(49)34-25-13-4-14-26-34)54-45(53-43,41(50)35-27-15-5-16-28-35)42(51)36-29-17-6-18-30-36/h1-30H. The quantitative estimate of drug-likeness (QED) is 0.120. The van der Waals surface area contributed by atoms with Crippen molar-refractivity contribution in [1.29, 1.82) is 0 Å². The molecule has 9 nitrogen and oxygen atoms in total. The maximum absolute atomic E-state index is 15.3. The van der Waals surface area contributed by atoms with Crippen LogP contribution in [-0.4, -0.2) is 69.5 Å². The van der Waals surface area contributed by atoms with E-state index < -0.39 is 69.5 Å². The molecule has 0 atom stereocenters. The van der Waals surface area contributed by atoms with Gasteiger partial charge in [0.15, 0.2) is 0 Å². The average molecular weight is 897 g/mol. The molecule has 6 aromatic rings. The Morgan fingerprint density at radius 1 is 0.241 bits per heavy atom. The van der Waals surface area contributed by atoms with Crippen LogP contribution in [0.4, 0.5) is 0 Å². The molecular weight excluding hydrogens is 866 g/mol. The van der Waals surface area contributed by atoms with Crippen molar-refractivity contribution in [3.8, 4) is 0 Å². The van der Waals surface area contributed by atoms with Gasteiger partial charge in [-0.05, 0) is 0 Å². The van der Waals surface area contributed by atoms with Gasteiger partial charge in [0, 0.05) is 0 Å². The van der Waals surface area contributed by atoms with Crippen LogP contribution >= 0.6 is 0 Å². The number of carbonyl (C=O) groups is 6. The van der Waals surface area contributed by atoms with Crippen LogP contribution in [0.25, 0.3) is 0 Å². The van der Waals surface area contributed by atoms with Crippen LogP contribution in [0.5, 0.6) is 0 Å². The van der Waals surface area contributed by atoms with Gasteiger partial charge in [-0.25, -0.2) is 0 Å². The fraction of sp³-hybridized carbons (Fsp3) is 0. The van der Waals surface area contributed by atoms with Crippen LogP contribution in [0, 0.1) is 0 Å². The number of carbonyl (C=O) groups excluding carboxylic acids is 6. The van der Waals surface area contributed by atoms with E-state index in [4.69, 9.17) is 8.37 Å². The number of rotatable bonds is 12. The second-order valence-corrected chi connectivity index (χ2v) is 33.8. The normalized spacial score (nSPS) is 15.3. The van der Waals surface area contributed by atoms with E-state index in [1.165, 1.54) is 72.8 Å². The Hall–Kier alpha value is -5.15. The number of hydrogen-bond acceptors (Lipinski definition) is 9. The summed E-state index contributed by atoms with van der Waals surface area (Å²) in [5.74, 6) is 0. The first-order valence-electron chi connectivity index (χ1n) is 16.9. The van der Waals surface area contributed by atoms with Crippen molar-refractivity contribution in [1.82, 2.24) is 0 Å². The zero-order valence-corrected chi connectivity index (χ0v) is 34.8. The third kappa shape index (κ3) is 6.74. The molecule has 1 heterocycles. The van der Waals surface area contributed by atoms with Gasteiger partial charge in [0.2, 0.25) is 0 Å². The van der Waals surface area contributed by atoms with Crippen molar-refractivity contribution in [2.75, 3.05) is 0 Å². The SMILES string of the molecule is O=[C](c1ccccc1)[Ge]1([C](=O)c2ccccc2)[O][Ge]([C](=O)c2ccccc2)([C](=O)c2ccccc2)[O][Ge]([C](=O)c2ccccc2)([C](=O)c2ccccc2)[O]1. The average Bonchev–Trinajstić information content (AvgIpc) is 3.26. The molecule has 264 valence electrons. The van der Waals surface area contributed by atoms with Crippen molar-refractivity contribution in [3.63, 3.8) is 0 Å². The third-order valence-corrected chi connectivity index (χ3v) is 42.5. The summed E-state index contributed by atoms with van der Waals surface area (Å²) in [7, 11) is 0. The Bertz CT molecular complexity index is 1920. The first-order chi connectivity index (χ1) is 26.2. The molecule has 7 rings (SSSR count). The van der Waals surface area contributed by atoms with E-state index in [1.807, 2.05) is 0 Å². The molecule has 12 heteroatoms. The maximum atomic E-state index is 15.3. The van der Waals surface area contributed by atoms with Crippen molar-refractivity contribution in [3.05, 3.63) is 215 Å². The predicted molar refractivity (Wildman–Crippen MR) is 205 cm³/mol. The van der Waals surface area contributed by atoms with Gasteiger partial charge < -0.3 is 0 Å². The summed E-state index contributed by atoms with van der Waals surface area (Å²) < 4.78 is 14.9. The summed E-state index contributed by atoms with van der Waals surface area (Å²) in [6, 6.07) is 46.4. The minimum absolute atomic E-state index is 0.0186. The van der Waals surface area contributed by atoms with E-state index in [0.717, 1.165) is 0 Å². The van der Waals surface area contributed by atoms with Gasteiger partial charge in [0.1, 0.15) is 0 Å². The van der Waals surface area contributed by atoms with Crippen molar-refractivity contribution < 1.29 is 37.1 Å². The van der Waals surface area contributed by atoms with E-state index >= 15 is 28.8 Å². The van der Waals surface area contributed by atoms with Crippen LogP contribution in [0.2, 0.25) is 0 Å². The molecule has 0 aliphatic carbocycles. The molecule has 0 amide bonds. The van der Waals surface area contributed by atoms with E-state index in [1.54, 1.807) is 109 Å². The zero-order valence-electron chi connectivity index (χ0n) is 28.5. The molecular formula is C42H30Ge3O9. The molecule has 0 radical (unpaired) electrons. The fourth-order valence-electron chi connectivity index (χ4n) is 6.21. The van der Waals surface area contributed by atoms with Crippen LogP contribution in [0.3, 0.4) is 0 Å². The van der Waals surface area contributed by atoms with E-state index in [2.05, 4.69) is 0 Å². The molecule has 1 aliphatic heterocycles. The van der Waals surface area contributed by atoms with Crippen molar-refractivity contribution in [2.45, 2.75) is 0 Å². The molecule has 54 heavy (non-hydrogen) atoms. The van der Waals surface area contributed by atoms with Crippen LogP contribution < -0.4 is 0 Å². The van der Waals surface area contributed by atoms with Gasteiger partial charge in [-0.1, -0.05) is 0 Å². The molecule has 0 saturated carbocycles. The van der Waals surface area contributed by atoms with Gasteiger partial charge in [-0.2, -0.15) is 0 Å². The topological polar surface area (TPSA) is 130 Å². The first kappa shape index (κ1) is 37.2. The molecule has 0 spiro atoms. The van der Waals surface area contributed by atoms with Crippen molar-refractivity contribution >= 4 is 69.5 Å². The molecule has 1 aliphatic rings. The molecule has 0 N–H and O–H groups in total. The molecule has 1 saturated heterocycles. The van der Waals surface area contributed by atoms with E-state index in [9.17, 15) is 0 Å². The number of benzene rings is 6. The Morgan fingerprint density at radius 2 is 0.370 bits per heavy atom. The summed E-state index contributed by atoms with van der Waals surface area (Å²) in [6.45, 7) is 0. The second kappa shape index (κ2) is 15.7. The summed E-state index contributed by atoms with van der Waals surface area (Å²) >= 11 is -19.1. The Labute approximate surface area is 320 Å². The van der Waals surface area contributed by atoms with Crippen LogP contribution in [-0.2, 0) is 8.37 Å². The van der Waals surface area contributed by atoms with Crippen LogP contribution in [0.1, 0.15) is 62.1 Å². The monoisotopic (exact) mass is 900 g/mol. The zero-order chi connectivity index (χ0) is 37.8. The summed E-state index contributed by atoms with van der Waals surface area (Å²) in [5.41, 5.74) is -0.112. The summed E-state index contributed by atoms with van der Waals surface area (Å²) in [6.07, 6.45) is 0. The molecule has 0 aromatic heterocycles. The fourth-order valence-corrected chi connectivity index (χ4v) is 53.3. The van der Waals surface area contributed by atoms with Crippen molar-refractivity contribution in [2.24, 2.45) is 0 Å². The third-order valence-electron chi connectivity index (χ3n) is 8.87. The number of hydrogen-bond donors (Lipinski definition) is 0. The van der Waals surface area contributed by atoms with Gasteiger partial charge in [0.05, 0.1) is 0 Å². The van der Waals surface area contributed by atoms with Crippen LogP contribution in [0.15, 0.2) is 182 Å². The minimum atomic E-state index is -6.36. The molecule has 6 aromatic carbocycles.